The summed E-state index contributed by atoms with van der Waals surface area (Å²) < 4.78 is 1.53. The van der Waals surface area contributed by atoms with Crippen molar-refractivity contribution in [2.45, 2.75) is 89.7 Å². The van der Waals surface area contributed by atoms with Gasteiger partial charge in [-0.15, -0.1) is 0 Å². The molecule has 3 fully saturated rings. The number of carbonyl (C=O) groups excluding carboxylic acids is 1. The van der Waals surface area contributed by atoms with Gasteiger partial charge in [-0.05, 0) is 31.6 Å². The molecule has 0 aromatic carbocycles. The number of carbonyl (C=O) groups is 1. The van der Waals surface area contributed by atoms with Crippen molar-refractivity contribution in [2.24, 2.45) is 17.3 Å². The second-order valence-corrected chi connectivity index (χ2v) is 10.2. The van der Waals surface area contributed by atoms with E-state index in [1.165, 1.54) is 55.3 Å². The zero-order chi connectivity index (χ0) is 21.2. The van der Waals surface area contributed by atoms with E-state index in [1.54, 1.807) is 0 Å². The monoisotopic (exact) mass is 415 g/mol. The maximum Gasteiger partial charge on any atom is 0.253 e. The third-order valence-corrected chi connectivity index (χ3v) is 8.21. The predicted molar refractivity (Wildman–Crippen MR) is 116 cm³/mol. The Morgan fingerprint density at radius 3 is 2.63 bits per heavy atom. The standard InChI is InChI=1S/C24H37N3O3/c1-19(15-20-7-3-2-4-8-20)22(29)26-14-12-24(30,23(16-26)10-5-6-11-23)17-27-18-25-13-9-21(27)28/h9,13,18-20,30H,2-8,10-12,14-17H2,1H3/t19-,24?/m1/s1. The highest BCUT2D eigenvalue weighted by Crippen LogP contribution is 2.51. The van der Waals surface area contributed by atoms with Crippen LogP contribution in [0.2, 0.25) is 0 Å². The van der Waals surface area contributed by atoms with Gasteiger partial charge < -0.3 is 10.0 Å². The second kappa shape index (κ2) is 8.81. The summed E-state index contributed by atoms with van der Waals surface area (Å²) >= 11 is 0. The molecule has 1 saturated heterocycles. The average Bonchev–Trinajstić information content (AvgIpc) is 3.22. The molecule has 30 heavy (non-hydrogen) atoms. The first-order valence-electron chi connectivity index (χ1n) is 11.9. The summed E-state index contributed by atoms with van der Waals surface area (Å²) in [4.78, 5) is 31.6. The number of piperidine rings is 1. The van der Waals surface area contributed by atoms with Crippen molar-refractivity contribution in [2.75, 3.05) is 13.1 Å². The molecular formula is C24H37N3O3. The normalized spacial score (nSPS) is 28.0. The SMILES string of the molecule is C[C@H](CC1CCCCC1)C(=O)N1CCC(O)(Cn2cnccc2=O)C2(CCCC2)C1. The first-order valence-corrected chi connectivity index (χ1v) is 11.9. The zero-order valence-electron chi connectivity index (χ0n) is 18.4. The van der Waals surface area contributed by atoms with Crippen molar-refractivity contribution in [1.82, 2.24) is 14.5 Å². The van der Waals surface area contributed by atoms with Crippen molar-refractivity contribution >= 4 is 5.91 Å². The third-order valence-electron chi connectivity index (χ3n) is 8.21. The van der Waals surface area contributed by atoms with Crippen LogP contribution in [0.4, 0.5) is 0 Å². The summed E-state index contributed by atoms with van der Waals surface area (Å²) in [7, 11) is 0. The molecule has 2 aliphatic carbocycles. The van der Waals surface area contributed by atoms with E-state index in [-0.39, 0.29) is 29.3 Å². The molecule has 2 saturated carbocycles. The molecule has 2 atom stereocenters. The predicted octanol–water partition coefficient (Wildman–Crippen LogP) is 3.37. The number of amides is 1. The summed E-state index contributed by atoms with van der Waals surface area (Å²) in [6, 6.07) is 1.44. The maximum atomic E-state index is 13.3. The fourth-order valence-corrected chi connectivity index (χ4v) is 6.40. The fourth-order valence-electron chi connectivity index (χ4n) is 6.40. The minimum absolute atomic E-state index is 0.0543. The van der Waals surface area contributed by atoms with Gasteiger partial charge in [0.1, 0.15) is 0 Å². The van der Waals surface area contributed by atoms with Crippen LogP contribution in [0, 0.1) is 17.3 Å². The van der Waals surface area contributed by atoms with E-state index in [4.69, 9.17) is 0 Å². The Labute approximate surface area is 179 Å². The molecule has 6 nitrogen and oxygen atoms in total. The molecule has 3 aliphatic rings. The van der Waals surface area contributed by atoms with Crippen LogP contribution in [0.1, 0.15) is 77.6 Å². The van der Waals surface area contributed by atoms with E-state index >= 15 is 0 Å². The summed E-state index contributed by atoms with van der Waals surface area (Å²) in [5.41, 5.74) is -1.42. The van der Waals surface area contributed by atoms with Crippen LogP contribution in [0.15, 0.2) is 23.4 Å². The first-order chi connectivity index (χ1) is 14.4. The van der Waals surface area contributed by atoms with E-state index in [9.17, 15) is 14.7 Å². The molecule has 0 radical (unpaired) electrons. The highest BCUT2D eigenvalue weighted by Gasteiger charge is 2.55. The van der Waals surface area contributed by atoms with Crippen LogP contribution in [-0.2, 0) is 11.3 Å². The zero-order valence-corrected chi connectivity index (χ0v) is 18.4. The summed E-state index contributed by atoms with van der Waals surface area (Å²) in [5.74, 6) is 1.00. The molecule has 1 aliphatic heterocycles. The molecule has 1 N–H and O–H groups in total. The molecular weight excluding hydrogens is 378 g/mol. The smallest absolute Gasteiger partial charge is 0.253 e. The van der Waals surface area contributed by atoms with E-state index in [0.717, 1.165) is 32.1 Å². The van der Waals surface area contributed by atoms with Gasteiger partial charge in [0.15, 0.2) is 0 Å². The van der Waals surface area contributed by atoms with Crippen LogP contribution < -0.4 is 5.56 Å². The van der Waals surface area contributed by atoms with Crippen LogP contribution in [0.3, 0.4) is 0 Å². The van der Waals surface area contributed by atoms with Gasteiger partial charge in [0.25, 0.3) is 5.56 Å². The highest BCUT2D eigenvalue weighted by molar-refractivity contribution is 5.78. The molecule has 2 heterocycles. The van der Waals surface area contributed by atoms with Gasteiger partial charge in [-0.1, -0.05) is 51.9 Å². The summed E-state index contributed by atoms with van der Waals surface area (Å²) in [6.45, 7) is 3.54. The Morgan fingerprint density at radius 1 is 1.20 bits per heavy atom. The molecule has 166 valence electrons. The van der Waals surface area contributed by atoms with Gasteiger partial charge in [-0.2, -0.15) is 0 Å². The van der Waals surface area contributed by atoms with Crippen LogP contribution >= 0.6 is 0 Å². The lowest BCUT2D eigenvalue weighted by molar-refractivity contribution is -0.163. The highest BCUT2D eigenvalue weighted by atomic mass is 16.3. The topological polar surface area (TPSA) is 75.4 Å². The van der Waals surface area contributed by atoms with E-state index in [2.05, 4.69) is 11.9 Å². The third kappa shape index (κ3) is 4.20. The Hall–Kier alpha value is -1.69. The van der Waals surface area contributed by atoms with Crippen LogP contribution in [0.25, 0.3) is 0 Å². The number of hydrogen-bond acceptors (Lipinski definition) is 4. The van der Waals surface area contributed by atoms with Gasteiger partial charge >= 0.3 is 0 Å². The Balaban J connectivity index is 1.47. The first kappa shape index (κ1) is 21.5. The minimum atomic E-state index is -0.972. The van der Waals surface area contributed by atoms with Crippen molar-refractivity contribution < 1.29 is 9.90 Å². The van der Waals surface area contributed by atoms with Crippen LogP contribution in [0.5, 0.6) is 0 Å². The molecule has 0 bridgehead atoms. The Kier molecular flexibility index (Phi) is 6.33. The lowest BCUT2D eigenvalue weighted by Gasteiger charge is -2.52. The van der Waals surface area contributed by atoms with Crippen molar-refractivity contribution in [3.05, 3.63) is 28.9 Å². The molecule has 1 aromatic heterocycles. The van der Waals surface area contributed by atoms with E-state index in [0.29, 0.717) is 25.4 Å². The van der Waals surface area contributed by atoms with Gasteiger partial charge in [-0.3, -0.25) is 14.2 Å². The van der Waals surface area contributed by atoms with Crippen molar-refractivity contribution in [3.8, 4) is 0 Å². The van der Waals surface area contributed by atoms with Gasteiger partial charge in [0.2, 0.25) is 5.91 Å². The van der Waals surface area contributed by atoms with Crippen LogP contribution in [-0.4, -0.2) is 44.2 Å². The molecule has 1 aromatic rings. The minimum Gasteiger partial charge on any atom is -0.387 e. The molecule has 1 amide bonds. The van der Waals surface area contributed by atoms with Gasteiger partial charge in [-0.25, -0.2) is 4.98 Å². The van der Waals surface area contributed by atoms with E-state index in [1.807, 2.05) is 4.90 Å². The number of likely N-dealkylation sites (tertiary alicyclic amines) is 1. The van der Waals surface area contributed by atoms with E-state index < -0.39 is 5.60 Å². The van der Waals surface area contributed by atoms with Crippen molar-refractivity contribution in [3.63, 3.8) is 0 Å². The number of nitrogens with zero attached hydrogens (tertiary/aromatic N) is 3. The molecule has 4 rings (SSSR count). The summed E-state index contributed by atoms with van der Waals surface area (Å²) in [6.07, 6.45) is 15.0. The molecule has 1 spiro atoms. The number of aromatic nitrogens is 2. The molecule has 6 heteroatoms. The lowest BCUT2D eigenvalue weighted by atomic mass is 9.65. The van der Waals surface area contributed by atoms with Crippen molar-refractivity contribution in [1.29, 1.82) is 0 Å². The van der Waals surface area contributed by atoms with Gasteiger partial charge in [0, 0.05) is 36.7 Å². The van der Waals surface area contributed by atoms with Gasteiger partial charge in [0.05, 0.1) is 18.5 Å². The number of rotatable bonds is 5. The largest absolute Gasteiger partial charge is 0.387 e. The quantitative estimate of drug-likeness (QED) is 0.800. The maximum absolute atomic E-state index is 13.3. The fraction of sp³-hybridized carbons (Fsp3) is 0.792. The number of hydrogen-bond donors (Lipinski definition) is 1. The average molecular weight is 416 g/mol. The lowest BCUT2D eigenvalue weighted by Crippen LogP contribution is -2.62. The second-order valence-electron chi connectivity index (χ2n) is 10.2. The number of aliphatic hydroxyl groups is 1. The molecule has 1 unspecified atom stereocenters. The summed E-state index contributed by atoms with van der Waals surface area (Å²) in [5, 5.41) is 11.8. The Bertz CT molecular complexity index is 795. The Morgan fingerprint density at radius 2 is 1.93 bits per heavy atom.